The molecule has 25 heavy (non-hydrogen) atoms. The first kappa shape index (κ1) is 18.7. The van der Waals surface area contributed by atoms with Crippen molar-refractivity contribution in [3.8, 4) is 0 Å². The highest BCUT2D eigenvalue weighted by molar-refractivity contribution is 7.92. The van der Waals surface area contributed by atoms with Gasteiger partial charge in [-0.3, -0.25) is 14.8 Å². The number of nitrogen functional groups attached to an aromatic ring is 1. The highest BCUT2D eigenvalue weighted by Crippen LogP contribution is 2.32. The molecule has 0 heterocycles. The van der Waals surface area contributed by atoms with E-state index in [0.29, 0.717) is 11.1 Å². The standard InChI is InChI=1S/C17H21N3O4S/c1-9-10(2)12(4)17(13(5)11(9)3)25(23,24)19-14-6-7-15(18)16(8-14)20(21)22/h6-8,19H,18H2,1-5H3. The van der Waals surface area contributed by atoms with Gasteiger partial charge < -0.3 is 5.73 Å². The molecule has 2 aromatic rings. The van der Waals surface area contributed by atoms with Crippen LogP contribution >= 0.6 is 0 Å². The maximum absolute atomic E-state index is 12.9. The summed E-state index contributed by atoms with van der Waals surface area (Å²) in [4.78, 5) is 10.5. The third kappa shape index (κ3) is 3.30. The Morgan fingerprint density at radius 3 is 1.92 bits per heavy atom. The van der Waals surface area contributed by atoms with Gasteiger partial charge in [-0.1, -0.05) is 0 Å². The van der Waals surface area contributed by atoms with E-state index in [1.165, 1.54) is 12.1 Å². The molecule has 134 valence electrons. The van der Waals surface area contributed by atoms with Crippen LogP contribution in [0.25, 0.3) is 0 Å². The Bertz CT molecular complexity index is 953. The summed E-state index contributed by atoms with van der Waals surface area (Å²) in [5.41, 5.74) is 9.48. The molecule has 8 heteroatoms. The third-order valence-corrected chi connectivity index (χ3v) is 6.33. The van der Waals surface area contributed by atoms with Gasteiger partial charge >= 0.3 is 0 Å². The Morgan fingerprint density at radius 2 is 1.44 bits per heavy atom. The predicted octanol–water partition coefficient (Wildman–Crippen LogP) is 3.52. The van der Waals surface area contributed by atoms with Crippen molar-refractivity contribution in [1.82, 2.24) is 0 Å². The molecule has 0 radical (unpaired) electrons. The maximum atomic E-state index is 12.9. The number of nitro groups is 1. The van der Waals surface area contributed by atoms with Crippen LogP contribution in [0.3, 0.4) is 0 Å². The quantitative estimate of drug-likeness (QED) is 0.490. The smallest absolute Gasteiger partial charge is 0.294 e. The molecule has 0 unspecified atom stereocenters. The molecule has 0 saturated heterocycles. The molecule has 0 atom stereocenters. The molecule has 0 aliphatic rings. The van der Waals surface area contributed by atoms with Crippen molar-refractivity contribution in [2.24, 2.45) is 0 Å². The minimum absolute atomic E-state index is 0.0256. The SMILES string of the molecule is Cc1c(C)c(C)c(S(=O)(=O)Nc2ccc(N)c([N+](=O)[O-])c2)c(C)c1C. The molecule has 0 amide bonds. The second-order valence-electron chi connectivity index (χ2n) is 6.09. The summed E-state index contributed by atoms with van der Waals surface area (Å²) in [6.45, 7) is 9.23. The van der Waals surface area contributed by atoms with E-state index in [-0.39, 0.29) is 22.0 Å². The number of nitrogens with one attached hydrogen (secondary N) is 1. The molecule has 0 aliphatic heterocycles. The average molecular weight is 363 g/mol. The lowest BCUT2D eigenvalue weighted by molar-refractivity contribution is -0.383. The summed E-state index contributed by atoms with van der Waals surface area (Å²) >= 11 is 0. The molecule has 0 aromatic heterocycles. The van der Waals surface area contributed by atoms with Crippen molar-refractivity contribution < 1.29 is 13.3 Å². The number of anilines is 2. The Kier molecular flexibility index (Phi) is 4.76. The monoisotopic (exact) mass is 363 g/mol. The van der Waals surface area contributed by atoms with Crippen LogP contribution in [0.4, 0.5) is 17.1 Å². The molecule has 0 bridgehead atoms. The van der Waals surface area contributed by atoms with Gasteiger partial charge in [0.1, 0.15) is 5.69 Å². The number of nitrogens with zero attached hydrogens (tertiary/aromatic N) is 1. The molecule has 0 aliphatic carbocycles. The minimum atomic E-state index is -3.91. The number of hydrogen-bond acceptors (Lipinski definition) is 5. The van der Waals surface area contributed by atoms with Gasteiger partial charge in [0.2, 0.25) is 0 Å². The molecule has 3 N–H and O–H groups in total. The molecular formula is C17H21N3O4S. The lowest BCUT2D eigenvalue weighted by Crippen LogP contribution is -2.18. The molecular weight excluding hydrogens is 342 g/mol. The summed E-state index contributed by atoms with van der Waals surface area (Å²) in [5, 5.41) is 11.0. The molecule has 2 rings (SSSR count). The van der Waals surface area contributed by atoms with Crippen LogP contribution in [-0.4, -0.2) is 13.3 Å². The summed E-state index contributed by atoms with van der Waals surface area (Å²) in [7, 11) is -3.91. The minimum Gasteiger partial charge on any atom is -0.393 e. The van der Waals surface area contributed by atoms with Crippen molar-refractivity contribution in [3.63, 3.8) is 0 Å². The fraction of sp³-hybridized carbons (Fsp3) is 0.294. The van der Waals surface area contributed by atoms with E-state index in [9.17, 15) is 18.5 Å². The fourth-order valence-electron chi connectivity index (χ4n) is 2.84. The Labute approximate surface area is 147 Å². The Balaban J connectivity index is 2.59. The molecule has 7 nitrogen and oxygen atoms in total. The number of benzene rings is 2. The molecule has 0 fully saturated rings. The number of nitrogens with two attached hydrogens (primary N) is 1. The normalized spacial score (nSPS) is 11.4. The summed E-state index contributed by atoms with van der Waals surface area (Å²) in [6, 6.07) is 3.82. The lowest BCUT2D eigenvalue weighted by atomic mass is 9.95. The first-order chi connectivity index (χ1) is 11.5. The van der Waals surface area contributed by atoms with Crippen LogP contribution in [0.5, 0.6) is 0 Å². The molecule has 0 saturated carbocycles. The number of rotatable bonds is 4. The van der Waals surface area contributed by atoms with Crippen LogP contribution in [0.2, 0.25) is 0 Å². The Hall–Kier alpha value is -2.61. The molecule has 0 spiro atoms. The number of sulfonamides is 1. The number of nitro benzene ring substituents is 1. The highest BCUT2D eigenvalue weighted by Gasteiger charge is 2.24. The van der Waals surface area contributed by atoms with E-state index < -0.39 is 14.9 Å². The van der Waals surface area contributed by atoms with Crippen LogP contribution in [0.1, 0.15) is 27.8 Å². The fourth-order valence-corrected chi connectivity index (χ4v) is 4.49. The van der Waals surface area contributed by atoms with Crippen molar-refractivity contribution in [3.05, 3.63) is 56.1 Å². The largest absolute Gasteiger partial charge is 0.393 e. The third-order valence-electron chi connectivity index (χ3n) is 4.68. The zero-order valence-electron chi connectivity index (χ0n) is 14.8. The van der Waals surface area contributed by atoms with Crippen molar-refractivity contribution in [2.75, 3.05) is 10.5 Å². The first-order valence-electron chi connectivity index (χ1n) is 7.61. The zero-order chi connectivity index (χ0) is 19.1. The summed E-state index contributed by atoms with van der Waals surface area (Å²) in [6.07, 6.45) is 0. The second-order valence-corrected chi connectivity index (χ2v) is 7.71. The van der Waals surface area contributed by atoms with Crippen LogP contribution in [-0.2, 0) is 10.0 Å². The van der Waals surface area contributed by atoms with E-state index in [1.807, 2.05) is 20.8 Å². The van der Waals surface area contributed by atoms with Gasteiger partial charge in [0.05, 0.1) is 15.5 Å². The van der Waals surface area contributed by atoms with Gasteiger partial charge in [-0.05, 0) is 74.6 Å². The summed E-state index contributed by atoms with van der Waals surface area (Å²) in [5.74, 6) is 0. The topological polar surface area (TPSA) is 115 Å². The van der Waals surface area contributed by atoms with Crippen LogP contribution in [0, 0.1) is 44.7 Å². The summed E-state index contributed by atoms with van der Waals surface area (Å²) < 4.78 is 28.3. The van der Waals surface area contributed by atoms with Crippen LogP contribution < -0.4 is 10.5 Å². The van der Waals surface area contributed by atoms with Gasteiger partial charge in [-0.2, -0.15) is 0 Å². The van der Waals surface area contributed by atoms with Gasteiger partial charge in [0.15, 0.2) is 0 Å². The van der Waals surface area contributed by atoms with Gasteiger partial charge in [0, 0.05) is 6.07 Å². The van der Waals surface area contributed by atoms with Crippen LogP contribution in [0.15, 0.2) is 23.1 Å². The van der Waals surface area contributed by atoms with E-state index in [4.69, 9.17) is 5.73 Å². The van der Waals surface area contributed by atoms with E-state index in [1.54, 1.807) is 13.8 Å². The van der Waals surface area contributed by atoms with Gasteiger partial charge in [-0.15, -0.1) is 0 Å². The molecule has 2 aromatic carbocycles. The predicted molar refractivity (Wildman–Crippen MR) is 98.4 cm³/mol. The van der Waals surface area contributed by atoms with Crippen molar-refractivity contribution >= 4 is 27.1 Å². The van der Waals surface area contributed by atoms with Crippen molar-refractivity contribution in [1.29, 1.82) is 0 Å². The average Bonchev–Trinajstić information content (AvgIpc) is 2.52. The van der Waals surface area contributed by atoms with Gasteiger partial charge in [-0.25, -0.2) is 8.42 Å². The second kappa shape index (κ2) is 6.36. The van der Waals surface area contributed by atoms with E-state index in [0.717, 1.165) is 22.8 Å². The van der Waals surface area contributed by atoms with Gasteiger partial charge in [0.25, 0.3) is 15.7 Å². The maximum Gasteiger partial charge on any atom is 0.294 e. The lowest BCUT2D eigenvalue weighted by Gasteiger charge is -2.19. The first-order valence-corrected chi connectivity index (χ1v) is 9.09. The highest BCUT2D eigenvalue weighted by atomic mass is 32.2. The van der Waals surface area contributed by atoms with E-state index in [2.05, 4.69) is 4.72 Å². The Morgan fingerprint density at radius 1 is 0.960 bits per heavy atom. The zero-order valence-corrected chi connectivity index (χ0v) is 15.6. The van der Waals surface area contributed by atoms with E-state index >= 15 is 0 Å². The number of hydrogen-bond donors (Lipinski definition) is 2. The van der Waals surface area contributed by atoms with Crippen molar-refractivity contribution in [2.45, 2.75) is 39.5 Å².